The summed E-state index contributed by atoms with van der Waals surface area (Å²) in [5.74, 6) is -2.14. The van der Waals surface area contributed by atoms with Gasteiger partial charge in [0.05, 0.1) is 0 Å². The number of piperidine rings is 1. The average Bonchev–Trinajstić information content (AvgIpc) is 2.62. The van der Waals surface area contributed by atoms with Crippen molar-refractivity contribution in [1.29, 1.82) is 0 Å². The van der Waals surface area contributed by atoms with Crippen LogP contribution in [0.4, 0.5) is 0 Å². The van der Waals surface area contributed by atoms with Crippen LogP contribution in [0, 0.1) is 17.8 Å². The van der Waals surface area contributed by atoms with Gasteiger partial charge in [-0.25, -0.2) is 0 Å². The summed E-state index contributed by atoms with van der Waals surface area (Å²) in [5, 5.41) is 2.49. The Hall–Kier alpha value is -2.37. The van der Waals surface area contributed by atoms with E-state index < -0.39 is 23.5 Å². The van der Waals surface area contributed by atoms with Crippen molar-refractivity contribution < 1.29 is 19.2 Å². The Morgan fingerprint density at radius 2 is 2.08 bits per heavy atom. The lowest BCUT2D eigenvalue weighted by Crippen LogP contribution is -2.43. The van der Waals surface area contributed by atoms with E-state index in [2.05, 4.69) is 10.3 Å². The summed E-state index contributed by atoms with van der Waals surface area (Å²) in [6.45, 7) is 4.23. The number of aromatic nitrogens is 1. The van der Waals surface area contributed by atoms with E-state index in [0.717, 1.165) is 5.56 Å². The number of hydrogen-bond acceptors (Lipinski definition) is 5. The topological polar surface area (TPSA) is 93.2 Å². The van der Waals surface area contributed by atoms with E-state index in [-0.39, 0.29) is 30.3 Å². The van der Waals surface area contributed by atoms with E-state index in [1.165, 1.54) is 0 Å². The monoisotopic (exact) mass is 358 g/mol. The Morgan fingerprint density at radius 3 is 2.73 bits per heavy atom. The van der Waals surface area contributed by atoms with Crippen LogP contribution in [0.15, 0.2) is 24.5 Å². The van der Waals surface area contributed by atoms with E-state index in [0.29, 0.717) is 25.8 Å². The molecule has 0 bridgehead atoms. The van der Waals surface area contributed by atoms with E-state index >= 15 is 0 Å². The predicted octanol–water partition coefficient (Wildman–Crippen LogP) is 1.91. The fraction of sp³-hybridized carbons (Fsp3) is 0.550. The zero-order valence-electron chi connectivity index (χ0n) is 15.4. The molecule has 1 aliphatic rings. The van der Waals surface area contributed by atoms with Gasteiger partial charge in [0.15, 0.2) is 0 Å². The van der Waals surface area contributed by atoms with Crippen molar-refractivity contribution in [1.82, 2.24) is 10.3 Å². The number of aryl methyl sites for hydroxylation is 1. The number of pyridine rings is 1. The second-order valence-corrected chi connectivity index (χ2v) is 7.23. The molecule has 1 aliphatic heterocycles. The minimum Gasteiger partial charge on any atom is -0.349 e. The maximum Gasteiger partial charge on any atom is 0.287 e. The molecule has 0 saturated carbocycles. The molecule has 6 nitrogen and oxygen atoms in total. The zero-order chi connectivity index (χ0) is 19.1. The number of amides is 1. The van der Waals surface area contributed by atoms with Gasteiger partial charge in [0.2, 0.25) is 5.78 Å². The first-order valence-corrected chi connectivity index (χ1v) is 9.13. The number of hydrogen-bond donors (Lipinski definition) is 1. The highest BCUT2D eigenvalue weighted by Gasteiger charge is 2.34. The van der Waals surface area contributed by atoms with Crippen LogP contribution in [0.3, 0.4) is 0 Å². The fourth-order valence-corrected chi connectivity index (χ4v) is 3.25. The molecule has 2 rings (SSSR count). The largest absolute Gasteiger partial charge is 0.349 e. The molecule has 1 fully saturated rings. The Kier molecular flexibility index (Phi) is 7.18. The van der Waals surface area contributed by atoms with Crippen LogP contribution in [0.25, 0.3) is 0 Å². The van der Waals surface area contributed by atoms with E-state index in [1.807, 2.05) is 26.0 Å². The molecule has 0 aliphatic carbocycles. The molecule has 0 spiro atoms. The Bertz CT molecular complexity index is 670. The third-order valence-corrected chi connectivity index (χ3v) is 4.90. The summed E-state index contributed by atoms with van der Waals surface area (Å²) < 4.78 is 0. The van der Waals surface area contributed by atoms with Gasteiger partial charge >= 0.3 is 0 Å². The van der Waals surface area contributed by atoms with Gasteiger partial charge in [-0.15, -0.1) is 0 Å². The summed E-state index contributed by atoms with van der Waals surface area (Å²) in [4.78, 5) is 52.4. The second kappa shape index (κ2) is 9.36. The van der Waals surface area contributed by atoms with Gasteiger partial charge < -0.3 is 5.32 Å². The molecular formula is C20H26N2O4. The highest BCUT2D eigenvalue weighted by Crippen LogP contribution is 2.24. The average molecular weight is 358 g/mol. The molecule has 1 saturated heterocycles. The molecule has 2 heterocycles. The minimum atomic E-state index is -0.609. The van der Waals surface area contributed by atoms with Crippen molar-refractivity contribution in [2.24, 2.45) is 17.8 Å². The van der Waals surface area contributed by atoms with Gasteiger partial charge in [0, 0.05) is 50.0 Å². The molecule has 26 heavy (non-hydrogen) atoms. The molecule has 1 N–H and O–H groups in total. The molecule has 1 aromatic heterocycles. The lowest BCUT2D eigenvalue weighted by molar-refractivity contribution is -0.143. The predicted molar refractivity (Wildman–Crippen MR) is 96.3 cm³/mol. The molecule has 1 aromatic rings. The number of ketones is 3. The summed E-state index contributed by atoms with van der Waals surface area (Å²) in [7, 11) is 0. The van der Waals surface area contributed by atoms with Crippen LogP contribution >= 0.6 is 0 Å². The normalized spacial score (nSPS) is 18.5. The summed E-state index contributed by atoms with van der Waals surface area (Å²) in [5.41, 5.74) is 0.993. The number of Topliss-reactive ketones (excluding diaryl/α,β-unsaturated/α-hetero) is 3. The van der Waals surface area contributed by atoms with Crippen LogP contribution in [0.5, 0.6) is 0 Å². The standard InChI is InChI=1S/C20H26N2O4/c1-13(2)17(11-16(23)6-5-14-4-3-8-21-12-14)18(24)10-15-7-9-22-20(26)19(15)25/h3-4,8,12-13,15,17H,5-7,9-11H2,1-2H3,(H,22,26). The van der Waals surface area contributed by atoms with Crippen LogP contribution in [-0.4, -0.2) is 34.8 Å². The number of carbonyl (C=O) groups is 4. The smallest absolute Gasteiger partial charge is 0.287 e. The zero-order valence-corrected chi connectivity index (χ0v) is 15.4. The molecule has 2 atom stereocenters. The summed E-state index contributed by atoms with van der Waals surface area (Å²) in [6.07, 6.45) is 5.11. The first-order valence-electron chi connectivity index (χ1n) is 9.13. The van der Waals surface area contributed by atoms with Gasteiger partial charge in [0.25, 0.3) is 5.91 Å². The summed E-state index contributed by atoms with van der Waals surface area (Å²) in [6, 6.07) is 3.75. The van der Waals surface area contributed by atoms with Gasteiger partial charge in [-0.05, 0) is 30.4 Å². The van der Waals surface area contributed by atoms with Crippen LogP contribution in [0.2, 0.25) is 0 Å². The van der Waals surface area contributed by atoms with Crippen molar-refractivity contribution in [3.63, 3.8) is 0 Å². The molecular weight excluding hydrogens is 332 g/mol. The third kappa shape index (κ3) is 5.58. The third-order valence-electron chi connectivity index (χ3n) is 4.90. The molecule has 140 valence electrons. The van der Waals surface area contributed by atoms with Gasteiger partial charge in [-0.1, -0.05) is 19.9 Å². The fourth-order valence-electron chi connectivity index (χ4n) is 3.25. The highest BCUT2D eigenvalue weighted by atomic mass is 16.2. The Morgan fingerprint density at radius 1 is 1.31 bits per heavy atom. The number of carbonyl (C=O) groups excluding carboxylic acids is 4. The first kappa shape index (κ1) is 19.9. The lowest BCUT2D eigenvalue weighted by Gasteiger charge is -2.24. The van der Waals surface area contributed by atoms with Crippen LogP contribution in [0.1, 0.15) is 45.1 Å². The first-order chi connectivity index (χ1) is 12.4. The number of nitrogens with zero attached hydrogens (tertiary/aromatic N) is 1. The highest BCUT2D eigenvalue weighted by molar-refractivity contribution is 6.37. The Labute approximate surface area is 153 Å². The molecule has 0 radical (unpaired) electrons. The SMILES string of the molecule is CC(C)C(CC(=O)CCc1cccnc1)C(=O)CC1CCNC(=O)C1=O. The molecule has 1 amide bonds. The Balaban J connectivity index is 1.90. The van der Waals surface area contributed by atoms with Crippen LogP contribution < -0.4 is 5.32 Å². The van der Waals surface area contributed by atoms with Gasteiger partial charge in [-0.2, -0.15) is 0 Å². The van der Waals surface area contributed by atoms with Crippen molar-refractivity contribution in [2.75, 3.05) is 6.54 Å². The number of nitrogens with one attached hydrogen (secondary N) is 1. The molecule has 2 unspecified atom stereocenters. The van der Waals surface area contributed by atoms with E-state index in [9.17, 15) is 19.2 Å². The van der Waals surface area contributed by atoms with Crippen molar-refractivity contribution in [2.45, 2.75) is 46.0 Å². The van der Waals surface area contributed by atoms with E-state index in [4.69, 9.17) is 0 Å². The lowest BCUT2D eigenvalue weighted by atomic mass is 9.80. The second-order valence-electron chi connectivity index (χ2n) is 7.23. The van der Waals surface area contributed by atoms with Crippen molar-refractivity contribution in [3.8, 4) is 0 Å². The molecule has 0 aromatic carbocycles. The molecule has 6 heteroatoms. The van der Waals surface area contributed by atoms with Crippen LogP contribution in [-0.2, 0) is 25.6 Å². The summed E-state index contributed by atoms with van der Waals surface area (Å²) >= 11 is 0. The van der Waals surface area contributed by atoms with Gasteiger partial charge in [0.1, 0.15) is 11.6 Å². The van der Waals surface area contributed by atoms with Crippen molar-refractivity contribution >= 4 is 23.3 Å². The van der Waals surface area contributed by atoms with Gasteiger partial charge in [-0.3, -0.25) is 24.2 Å². The van der Waals surface area contributed by atoms with E-state index in [1.54, 1.807) is 12.4 Å². The minimum absolute atomic E-state index is 0.0114. The maximum atomic E-state index is 12.7. The van der Waals surface area contributed by atoms with Crippen molar-refractivity contribution in [3.05, 3.63) is 30.1 Å². The number of rotatable bonds is 9. The maximum absolute atomic E-state index is 12.7. The quantitative estimate of drug-likeness (QED) is 0.681.